The molecule has 0 aliphatic heterocycles. The number of aliphatic imine (C=N–C) groups is 1. The van der Waals surface area contributed by atoms with Crippen molar-refractivity contribution in [3.05, 3.63) is 84.4 Å². The molecule has 0 fully saturated rings. The Bertz CT molecular complexity index is 779. The molecule has 5 heteroatoms. The van der Waals surface area contributed by atoms with Gasteiger partial charge in [-0.15, -0.1) is 0 Å². The van der Waals surface area contributed by atoms with Gasteiger partial charge in [0.05, 0.1) is 0 Å². The van der Waals surface area contributed by atoms with Crippen LogP contribution in [0, 0.1) is 0 Å². The maximum absolute atomic E-state index is 5.97. The lowest BCUT2D eigenvalue weighted by atomic mass is 10.1. The van der Waals surface area contributed by atoms with Crippen LogP contribution in [0.5, 0.6) is 5.75 Å². The van der Waals surface area contributed by atoms with Crippen LogP contribution in [0.1, 0.15) is 11.4 Å². The Morgan fingerprint density at radius 1 is 0.875 bits per heavy atom. The molecule has 0 aliphatic rings. The van der Waals surface area contributed by atoms with E-state index in [2.05, 4.69) is 23.1 Å². The zero-order valence-corrected chi connectivity index (χ0v) is 14.7. The summed E-state index contributed by atoms with van der Waals surface area (Å²) in [6.07, 6.45) is 3.45. The maximum atomic E-state index is 5.97. The van der Waals surface area contributed by atoms with Gasteiger partial charge in [-0.3, -0.25) is 0 Å². The van der Waals surface area contributed by atoms with Gasteiger partial charge in [0, 0.05) is 18.0 Å². The van der Waals surface area contributed by atoms with Crippen molar-refractivity contribution >= 4 is 20.4 Å². The summed E-state index contributed by atoms with van der Waals surface area (Å²) in [7, 11) is -0.873. The minimum absolute atomic E-state index is 0.594. The zero-order valence-electron chi connectivity index (χ0n) is 13.7. The molecule has 1 aromatic heterocycles. The van der Waals surface area contributed by atoms with Crippen LogP contribution in [0.25, 0.3) is 0 Å². The van der Waals surface area contributed by atoms with Gasteiger partial charge >= 0.3 is 0 Å². The van der Waals surface area contributed by atoms with Crippen LogP contribution in [0.2, 0.25) is 13.1 Å². The number of nitrogens with zero attached hydrogens (tertiary/aromatic N) is 3. The van der Waals surface area contributed by atoms with Gasteiger partial charge in [0.25, 0.3) is 9.04 Å². The molecular weight excluding hydrogens is 314 g/mol. The third-order valence-corrected chi connectivity index (χ3v) is 3.86. The first-order chi connectivity index (χ1) is 11.7. The fourth-order valence-corrected chi connectivity index (χ4v) is 2.85. The first-order valence-electron chi connectivity index (χ1n) is 7.72. The molecule has 1 heterocycles. The second-order valence-electron chi connectivity index (χ2n) is 5.38. The minimum atomic E-state index is -0.873. The highest BCUT2D eigenvalue weighted by atomic mass is 28.3. The third-order valence-electron chi connectivity index (χ3n) is 3.24. The third kappa shape index (κ3) is 3.94. The van der Waals surface area contributed by atoms with Crippen LogP contribution in [-0.4, -0.2) is 24.7 Å². The van der Waals surface area contributed by atoms with Crippen molar-refractivity contribution in [1.29, 1.82) is 0 Å². The topological polar surface area (TPSA) is 47.4 Å². The van der Waals surface area contributed by atoms with Crippen molar-refractivity contribution < 1.29 is 4.43 Å². The van der Waals surface area contributed by atoms with E-state index in [4.69, 9.17) is 9.42 Å². The number of hydrogen-bond acceptors (Lipinski definition) is 4. The van der Waals surface area contributed by atoms with Gasteiger partial charge < -0.3 is 4.43 Å². The van der Waals surface area contributed by atoms with Crippen molar-refractivity contribution in [1.82, 2.24) is 9.97 Å². The average Bonchev–Trinajstić information content (AvgIpc) is 2.62. The van der Waals surface area contributed by atoms with Crippen molar-refractivity contribution in [3.63, 3.8) is 0 Å². The molecule has 24 heavy (non-hydrogen) atoms. The standard InChI is InChI=1S/C19H18N3OSi/c1-24(2)23-17-12-7-6-11-16(17)22-18(15-9-4-3-5-10-15)19-20-13-8-14-21-19/h3-14H,1-2H3. The van der Waals surface area contributed by atoms with Gasteiger partial charge in [0.15, 0.2) is 5.82 Å². The molecule has 0 bridgehead atoms. The fourth-order valence-electron chi connectivity index (χ4n) is 2.24. The van der Waals surface area contributed by atoms with Crippen LogP contribution in [0.3, 0.4) is 0 Å². The smallest absolute Gasteiger partial charge is 0.274 e. The van der Waals surface area contributed by atoms with E-state index in [0.717, 1.165) is 22.7 Å². The lowest BCUT2D eigenvalue weighted by molar-refractivity contribution is 0.582. The van der Waals surface area contributed by atoms with Crippen molar-refractivity contribution in [2.24, 2.45) is 4.99 Å². The molecule has 0 amide bonds. The molecule has 0 spiro atoms. The number of para-hydroxylation sites is 2. The molecule has 4 nitrogen and oxygen atoms in total. The molecule has 2 aromatic carbocycles. The molecule has 3 aromatic rings. The second kappa shape index (κ2) is 7.65. The van der Waals surface area contributed by atoms with Gasteiger partial charge in [0.2, 0.25) is 0 Å². The molecule has 0 aliphatic carbocycles. The SMILES string of the molecule is C[Si](C)Oc1ccccc1N=C(c1ccccc1)c1ncccn1. The monoisotopic (exact) mass is 332 g/mol. The van der Waals surface area contributed by atoms with Crippen LogP contribution in [0.15, 0.2) is 78.0 Å². The average molecular weight is 332 g/mol. The first-order valence-corrected chi connectivity index (χ1v) is 10.1. The minimum Gasteiger partial charge on any atom is -0.541 e. The summed E-state index contributed by atoms with van der Waals surface area (Å²) in [4.78, 5) is 13.6. The Hall–Kier alpha value is -2.79. The molecular formula is C19H18N3OSi. The highest BCUT2D eigenvalue weighted by Crippen LogP contribution is 2.29. The van der Waals surface area contributed by atoms with E-state index in [1.54, 1.807) is 18.5 Å². The van der Waals surface area contributed by atoms with E-state index in [-0.39, 0.29) is 0 Å². The quantitative estimate of drug-likeness (QED) is 0.517. The van der Waals surface area contributed by atoms with Crippen LogP contribution in [0.4, 0.5) is 5.69 Å². The molecule has 0 saturated carbocycles. The fraction of sp³-hybridized carbons (Fsp3) is 0.105. The summed E-state index contributed by atoms with van der Waals surface area (Å²) in [6.45, 7) is 4.20. The Morgan fingerprint density at radius 3 is 2.25 bits per heavy atom. The van der Waals surface area contributed by atoms with Gasteiger partial charge in [0.1, 0.15) is 17.1 Å². The number of aromatic nitrogens is 2. The predicted molar refractivity (Wildman–Crippen MR) is 98.3 cm³/mol. The lowest BCUT2D eigenvalue weighted by Gasteiger charge is -2.12. The van der Waals surface area contributed by atoms with Crippen LogP contribution in [-0.2, 0) is 0 Å². The summed E-state index contributed by atoms with van der Waals surface area (Å²) < 4.78 is 5.97. The molecule has 0 unspecified atom stereocenters. The highest BCUT2D eigenvalue weighted by molar-refractivity contribution is 6.49. The normalized spacial score (nSPS) is 11.5. The largest absolute Gasteiger partial charge is 0.541 e. The summed E-state index contributed by atoms with van der Waals surface area (Å²) in [6, 6.07) is 19.6. The maximum Gasteiger partial charge on any atom is 0.274 e. The zero-order chi connectivity index (χ0) is 16.8. The molecule has 0 N–H and O–H groups in total. The molecule has 3 rings (SSSR count). The number of benzene rings is 2. The second-order valence-corrected chi connectivity index (χ2v) is 7.40. The number of rotatable bonds is 5. The molecule has 1 radical (unpaired) electrons. The van der Waals surface area contributed by atoms with Crippen molar-refractivity contribution in [2.75, 3.05) is 0 Å². The first kappa shape index (κ1) is 16.1. The van der Waals surface area contributed by atoms with Gasteiger partial charge in [-0.1, -0.05) is 42.5 Å². The van der Waals surface area contributed by atoms with Crippen molar-refractivity contribution in [2.45, 2.75) is 13.1 Å². The van der Waals surface area contributed by atoms with Crippen LogP contribution < -0.4 is 4.43 Å². The molecule has 0 atom stereocenters. The molecule has 0 saturated heterocycles. The predicted octanol–water partition coefficient (Wildman–Crippen LogP) is 4.28. The van der Waals surface area contributed by atoms with Crippen LogP contribution >= 0.6 is 0 Å². The van der Waals surface area contributed by atoms with E-state index < -0.39 is 9.04 Å². The highest BCUT2D eigenvalue weighted by Gasteiger charge is 2.12. The van der Waals surface area contributed by atoms with Gasteiger partial charge in [-0.25, -0.2) is 15.0 Å². The van der Waals surface area contributed by atoms with E-state index in [9.17, 15) is 0 Å². The summed E-state index contributed by atoms with van der Waals surface area (Å²) in [5.74, 6) is 1.39. The Balaban J connectivity index is 2.12. The molecule has 119 valence electrons. The lowest BCUT2D eigenvalue weighted by Crippen LogP contribution is -2.12. The van der Waals surface area contributed by atoms with E-state index in [0.29, 0.717) is 5.82 Å². The number of hydrogen-bond donors (Lipinski definition) is 0. The summed E-state index contributed by atoms with van der Waals surface area (Å²) in [5.41, 5.74) is 2.49. The van der Waals surface area contributed by atoms with Crippen molar-refractivity contribution in [3.8, 4) is 5.75 Å². The Kier molecular flexibility index (Phi) is 5.13. The Labute approximate surface area is 143 Å². The Morgan fingerprint density at radius 2 is 1.54 bits per heavy atom. The van der Waals surface area contributed by atoms with Gasteiger partial charge in [-0.2, -0.15) is 0 Å². The summed E-state index contributed by atoms with van der Waals surface area (Å²) >= 11 is 0. The van der Waals surface area contributed by atoms with E-state index in [1.165, 1.54) is 0 Å². The van der Waals surface area contributed by atoms with E-state index in [1.807, 2.05) is 54.6 Å². The van der Waals surface area contributed by atoms with Gasteiger partial charge in [-0.05, 0) is 31.3 Å². The summed E-state index contributed by atoms with van der Waals surface area (Å²) in [5, 5.41) is 0. The van der Waals surface area contributed by atoms with E-state index >= 15 is 0 Å².